The van der Waals surface area contributed by atoms with Gasteiger partial charge in [-0.25, -0.2) is 9.97 Å². The molecule has 190 valence electrons. The summed E-state index contributed by atoms with van der Waals surface area (Å²) in [7, 11) is 0. The maximum absolute atomic E-state index is 12.0. The van der Waals surface area contributed by atoms with Crippen molar-refractivity contribution >= 4 is 52.2 Å². The molecule has 5 N–H and O–H groups in total. The van der Waals surface area contributed by atoms with Gasteiger partial charge in [0.2, 0.25) is 0 Å². The van der Waals surface area contributed by atoms with Crippen LogP contribution in [0.4, 0.5) is 11.6 Å². The van der Waals surface area contributed by atoms with E-state index in [1.807, 2.05) is 42.5 Å². The first-order valence-corrected chi connectivity index (χ1v) is 12.9. The van der Waals surface area contributed by atoms with Crippen molar-refractivity contribution in [2.24, 2.45) is 5.73 Å². The molecule has 9 heteroatoms. The van der Waals surface area contributed by atoms with Crippen LogP contribution in [0.25, 0.3) is 0 Å². The van der Waals surface area contributed by atoms with E-state index in [1.165, 1.54) is 24.0 Å². The van der Waals surface area contributed by atoms with Crippen molar-refractivity contribution < 1.29 is 4.79 Å². The zero-order chi connectivity index (χ0) is 26.2. The molecule has 0 spiro atoms. The third kappa shape index (κ3) is 11.3. The van der Waals surface area contributed by atoms with Gasteiger partial charge in [0, 0.05) is 18.0 Å². The molecule has 0 fully saturated rings. The second-order valence-corrected chi connectivity index (χ2v) is 8.92. The lowest BCUT2D eigenvalue weighted by molar-refractivity contribution is 0.0977. The molecule has 2 aromatic heterocycles. The molecular formula is C27H34N6OS2. The number of pyridine rings is 2. The maximum Gasteiger partial charge on any atom is 0.257 e. The van der Waals surface area contributed by atoms with Gasteiger partial charge < -0.3 is 16.4 Å². The van der Waals surface area contributed by atoms with E-state index in [0.717, 1.165) is 31.5 Å². The minimum absolute atomic E-state index is 0.236. The van der Waals surface area contributed by atoms with Crippen LogP contribution in [0.2, 0.25) is 0 Å². The molecule has 0 atom stereocenters. The summed E-state index contributed by atoms with van der Waals surface area (Å²) in [6.45, 7) is 4.34. The highest BCUT2D eigenvalue weighted by Gasteiger charge is 2.07. The number of amides is 1. The molecule has 36 heavy (non-hydrogen) atoms. The summed E-state index contributed by atoms with van der Waals surface area (Å²) in [6, 6.07) is 16.9. The fourth-order valence-electron chi connectivity index (χ4n) is 3.20. The first-order valence-electron chi connectivity index (χ1n) is 12.0. The Kier molecular flexibility index (Phi) is 13.0. The quantitative estimate of drug-likeness (QED) is 0.268. The van der Waals surface area contributed by atoms with Gasteiger partial charge in [-0.1, -0.05) is 44.9 Å². The Balaban J connectivity index is 0.000000281. The normalized spacial score (nSPS) is 9.94. The minimum atomic E-state index is -0.236. The van der Waals surface area contributed by atoms with Gasteiger partial charge >= 0.3 is 0 Å². The summed E-state index contributed by atoms with van der Waals surface area (Å²) in [5, 5.41) is 8.92. The number of nitrogens with one attached hydrogen (secondary N) is 3. The van der Waals surface area contributed by atoms with Crippen LogP contribution in [0.3, 0.4) is 0 Å². The van der Waals surface area contributed by atoms with Gasteiger partial charge in [0.05, 0.1) is 0 Å². The van der Waals surface area contributed by atoms with Crippen molar-refractivity contribution in [3.05, 3.63) is 83.7 Å². The Morgan fingerprint density at radius 1 is 0.833 bits per heavy atom. The molecule has 3 aromatic rings. The largest absolute Gasteiger partial charge is 0.376 e. The highest BCUT2D eigenvalue weighted by atomic mass is 32.1. The Morgan fingerprint density at radius 2 is 1.36 bits per heavy atom. The molecule has 1 amide bonds. The van der Waals surface area contributed by atoms with Crippen molar-refractivity contribution in [3.8, 4) is 0 Å². The standard InChI is InChI=1S/C17H19N3OS.C10H15N3S/c1-2-3-7-13-10-11-18-15(12-13)19-17(22)20-16(21)14-8-5-4-6-9-14;1-2-3-4-8-5-6-12-9(7-8)13-10(11)14/h4-6,8-12H,2-3,7H2,1H3,(H2,18,19,20,21,22);5-7H,2-4H2,1H3,(H3,11,12,13,14). The number of thiocarbonyl (C=S) groups is 2. The second kappa shape index (κ2) is 16.3. The molecule has 0 unspecified atom stereocenters. The van der Waals surface area contributed by atoms with Crippen LogP contribution in [-0.2, 0) is 12.8 Å². The average molecular weight is 523 g/mol. The maximum atomic E-state index is 12.0. The highest BCUT2D eigenvalue weighted by Crippen LogP contribution is 2.11. The van der Waals surface area contributed by atoms with E-state index in [2.05, 4.69) is 39.8 Å². The van der Waals surface area contributed by atoms with E-state index in [1.54, 1.807) is 24.5 Å². The van der Waals surface area contributed by atoms with E-state index in [0.29, 0.717) is 11.4 Å². The van der Waals surface area contributed by atoms with Crippen LogP contribution in [-0.4, -0.2) is 26.1 Å². The lowest BCUT2D eigenvalue weighted by Crippen LogP contribution is -2.34. The number of nitrogens with two attached hydrogens (primary N) is 1. The molecular weight excluding hydrogens is 488 g/mol. The van der Waals surface area contributed by atoms with Crippen molar-refractivity contribution in [2.45, 2.75) is 52.4 Å². The van der Waals surface area contributed by atoms with Crippen LogP contribution in [0.5, 0.6) is 0 Å². The van der Waals surface area contributed by atoms with Crippen molar-refractivity contribution in [3.63, 3.8) is 0 Å². The van der Waals surface area contributed by atoms with Crippen LogP contribution in [0.15, 0.2) is 67.0 Å². The van der Waals surface area contributed by atoms with Gasteiger partial charge in [-0.3, -0.25) is 10.1 Å². The number of benzene rings is 1. The Bertz CT molecular complexity index is 1120. The Morgan fingerprint density at radius 3 is 1.86 bits per heavy atom. The van der Waals surface area contributed by atoms with Gasteiger partial charge in [-0.2, -0.15) is 0 Å². The minimum Gasteiger partial charge on any atom is -0.376 e. The number of carbonyl (C=O) groups excluding carboxylic acids is 1. The van der Waals surface area contributed by atoms with E-state index >= 15 is 0 Å². The number of carbonyl (C=O) groups is 1. The number of hydrogen-bond acceptors (Lipinski definition) is 5. The summed E-state index contributed by atoms with van der Waals surface area (Å²) < 4.78 is 0. The summed E-state index contributed by atoms with van der Waals surface area (Å²) in [4.78, 5) is 20.3. The number of aryl methyl sites for hydroxylation is 2. The summed E-state index contributed by atoms with van der Waals surface area (Å²) in [5.41, 5.74) is 8.39. The van der Waals surface area contributed by atoms with Gasteiger partial charge in [0.25, 0.3) is 5.91 Å². The third-order valence-electron chi connectivity index (χ3n) is 5.04. The Labute approximate surface area is 224 Å². The highest BCUT2D eigenvalue weighted by molar-refractivity contribution is 7.80. The van der Waals surface area contributed by atoms with Crippen molar-refractivity contribution in [2.75, 3.05) is 10.6 Å². The molecule has 0 aliphatic heterocycles. The SMILES string of the molecule is CCCCc1ccnc(NC(=S)NC(=O)c2ccccc2)c1.CCCCc1ccnc(NC(N)=S)c1. The number of unbranched alkanes of at least 4 members (excludes halogenated alkanes) is 2. The number of nitrogens with zero attached hydrogens (tertiary/aromatic N) is 2. The van der Waals surface area contributed by atoms with Crippen LogP contribution < -0.4 is 21.7 Å². The van der Waals surface area contributed by atoms with Gasteiger partial charge in [0.1, 0.15) is 11.6 Å². The fraction of sp³-hybridized carbons (Fsp3) is 0.296. The van der Waals surface area contributed by atoms with Gasteiger partial charge in [0.15, 0.2) is 10.2 Å². The predicted molar refractivity (Wildman–Crippen MR) is 156 cm³/mol. The second-order valence-electron chi connectivity index (χ2n) is 8.07. The molecule has 0 radical (unpaired) electrons. The molecule has 7 nitrogen and oxygen atoms in total. The lowest BCUT2D eigenvalue weighted by Gasteiger charge is -2.10. The van der Waals surface area contributed by atoms with Crippen molar-refractivity contribution in [1.82, 2.24) is 15.3 Å². The fourth-order valence-corrected chi connectivity index (χ4v) is 3.50. The van der Waals surface area contributed by atoms with E-state index < -0.39 is 0 Å². The predicted octanol–water partition coefficient (Wildman–Crippen LogP) is 5.63. The van der Waals surface area contributed by atoms with E-state index in [9.17, 15) is 4.79 Å². The molecule has 0 aliphatic carbocycles. The number of anilines is 2. The van der Waals surface area contributed by atoms with Crippen molar-refractivity contribution in [1.29, 1.82) is 0 Å². The molecule has 0 bridgehead atoms. The average Bonchev–Trinajstić information content (AvgIpc) is 2.87. The first-order chi connectivity index (χ1) is 17.4. The molecule has 1 aromatic carbocycles. The van der Waals surface area contributed by atoms with E-state index in [4.69, 9.17) is 30.2 Å². The molecule has 0 saturated heterocycles. The summed E-state index contributed by atoms with van der Waals surface area (Å²) in [5.74, 6) is 1.14. The molecule has 2 heterocycles. The molecule has 0 saturated carbocycles. The number of rotatable bonds is 9. The van der Waals surface area contributed by atoms with Crippen LogP contribution in [0.1, 0.15) is 61.0 Å². The number of aromatic nitrogens is 2. The lowest BCUT2D eigenvalue weighted by atomic mass is 10.1. The van der Waals surface area contributed by atoms with Crippen LogP contribution >= 0.6 is 24.4 Å². The summed E-state index contributed by atoms with van der Waals surface area (Å²) >= 11 is 9.89. The first kappa shape index (κ1) is 28.8. The number of hydrogen-bond donors (Lipinski definition) is 4. The zero-order valence-electron chi connectivity index (χ0n) is 20.8. The van der Waals surface area contributed by atoms with Gasteiger partial charge in [-0.15, -0.1) is 0 Å². The van der Waals surface area contributed by atoms with Gasteiger partial charge in [-0.05, 0) is 97.6 Å². The summed E-state index contributed by atoms with van der Waals surface area (Å²) in [6.07, 6.45) is 10.3. The Hall–Kier alpha value is -3.43. The third-order valence-corrected chi connectivity index (χ3v) is 5.35. The topological polar surface area (TPSA) is 105 Å². The molecule has 0 aliphatic rings. The smallest absolute Gasteiger partial charge is 0.257 e. The van der Waals surface area contributed by atoms with Crippen LogP contribution in [0, 0.1) is 0 Å². The molecule has 3 rings (SSSR count). The monoisotopic (exact) mass is 522 g/mol. The van der Waals surface area contributed by atoms with E-state index in [-0.39, 0.29) is 16.1 Å². The zero-order valence-corrected chi connectivity index (χ0v) is 22.4.